The van der Waals surface area contributed by atoms with Crippen LogP contribution in [-0.4, -0.2) is 43.2 Å². The first-order chi connectivity index (χ1) is 14.9. The van der Waals surface area contributed by atoms with Gasteiger partial charge in [0.2, 0.25) is 9.84 Å². The molecular weight excluding hydrogens is 424 g/mol. The van der Waals surface area contributed by atoms with Crippen molar-refractivity contribution >= 4 is 26.8 Å². The maximum Gasteiger partial charge on any atom is 0.409 e. The zero-order valence-corrected chi connectivity index (χ0v) is 20.7. The molecule has 0 unspecified atom stereocenters. The summed E-state index contributed by atoms with van der Waals surface area (Å²) in [5.74, 6) is 0. The number of sulfone groups is 1. The highest BCUT2D eigenvalue weighted by atomic mass is 32.2. The molecular formula is C25H32N2O4S. The predicted molar refractivity (Wildman–Crippen MR) is 127 cm³/mol. The number of ether oxygens (including phenoxy) is 1. The Bertz CT molecular complexity index is 1250. The molecule has 3 rings (SSSR count). The Hall–Kier alpha value is -2.80. The monoisotopic (exact) mass is 456 g/mol. The number of methoxy groups -OCH3 is 1. The zero-order valence-electron chi connectivity index (χ0n) is 19.9. The van der Waals surface area contributed by atoms with Crippen molar-refractivity contribution in [2.45, 2.75) is 56.4 Å². The Labute approximate surface area is 190 Å². The van der Waals surface area contributed by atoms with Gasteiger partial charge in [0.15, 0.2) is 0 Å². The van der Waals surface area contributed by atoms with Crippen molar-refractivity contribution in [2.24, 2.45) is 7.05 Å². The largest absolute Gasteiger partial charge is 0.453 e. The third-order valence-corrected chi connectivity index (χ3v) is 7.79. The third-order valence-electron chi connectivity index (χ3n) is 6.03. The zero-order chi connectivity index (χ0) is 23.8. The molecule has 0 aliphatic carbocycles. The standard InChI is InChI=1S/C25H32N2O4S/c1-17-8-10-19(11-9-17)32(29,30)20-12-13-23-22(16-20)21(18(2)26(23)6)14-15-27(24(28)31-7)25(3,4)5/h8-13,16H,14-15H2,1-7H3. The number of aromatic nitrogens is 1. The lowest BCUT2D eigenvalue weighted by molar-refractivity contribution is 0.0844. The van der Waals surface area contributed by atoms with Crippen LogP contribution in [0.3, 0.4) is 0 Å². The lowest BCUT2D eigenvalue weighted by Crippen LogP contribution is -2.46. The molecule has 0 atom stereocenters. The molecule has 3 aromatic rings. The summed E-state index contributed by atoms with van der Waals surface area (Å²) >= 11 is 0. The van der Waals surface area contributed by atoms with Crippen molar-refractivity contribution in [1.82, 2.24) is 9.47 Å². The molecule has 0 N–H and O–H groups in total. The number of amides is 1. The normalized spacial score (nSPS) is 12.2. The van der Waals surface area contributed by atoms with Crippen LogP contribution in [0, 0.1) is 13.8 Å². The number of carbonyl (C=O) groups excluding carboxylic acids is 1. The molecule has 0 aliphatic heterocycles. The van der Waals surface area contributed by atoms with E-state index in [2.05, 4.69) is 4.57 Å². The van der Waals surface area contributed by atoms with Crippen molar-refractivity contribution in [2.75, 3.05) is 13.7 Å². The van der Waals surface area contributed by atoms with Crippen LogP contribution in [0.1, 0.15) is 37.6 Å². The van der Waals surface area contributed by atoms with Gasteiger partial charge in [0.05, 0.1) is 16.9 Å². The highest BCUT2D eigenvalue weighted by Crippen LogP contribution is 2.31. The van der Waals surface area contributed by atoms with Crippen molar-refractivity contribution < 1.29 is 17.9 Å². The van der Waals surface area contributed by atoms with E-state index >= 15 is 0 Å². The van der Waals surface area contributed by atoms with E-state index in [1.165, 1.54) is 7.11 Å². The van der Waals surface area contributed by atoms with E-state index in [9.17, 15) is 13.2 Å². The van der Waals surface area contributed by atoms with Crippen LogP contribution >= 0.6 is 0 Å². The summed E-state index contributed by atoms with van der Waals surface area (Å²) in [5, 5.41) is 0.886. The molecule has 32 heavy (non-hydrogen) atoms. The lowest BCUT2D eigenvalue weighted by Gasteiger charge is -2.34. The highest BCUT2D eigenvalue weighted by Gasteiger charge is 2.28. The SMILES string of the molecule is COC(=O)N(CCc1c(C)n(C)c2ccc(S(=O)(=O)c3ccc(C)cc3)cc12)C(C)(C)C. The summed E-state index contributed by atoms with van der Waals surface area (Å²) in [5.41, 5.74) is 3.64. The molecule has 0 saturated heterocycles. The maximum atomic E-state index is 13.2. The summed E-state index contributed by atoms with van der Waals surface area (Å²) < 4.78 is 33.5. The van der Waals surface area contributed by atoms with Crippen LogP contribution in [0.2, 0.25) is 0 Å². The fourth-order valence-corrected chi connectivity index (χ4v) is 5.28. The summed E-state index contributed by atoms with van der Waals surface area (Å²) in [6.45, 7) is 10.3. The molecule has 0 bridgehead atoms. The Balaban J connectivity index is 2.05. The second-order valence-corrected chi connectivity index (χ2v) is 11.1. The number of benzene rings is 2. The maximum absolute atomic E-state index is 13.2. The molecule has 6 nitrogen and oxygen atoms in total. The number of nitrogens with zero attached hydrogens (tertiary/aromatic N) is 2. The molecule has 1 aromatic heterocycles. The van der Waals surface area contributed by atoms with E-state index in [-0.39, 0.29) is 15.9 Å². The van der Waals surface area contributed by atoms with Crippen molar-refractivity contribution in [3.05, 3.63) is 59.3 Å². The lowest BCUT2D eigenvalue weighted by atomic mass is 10.0. The van der Waals surface area contributed by atoms with Gasteiger partial charge in [0, 0.05) is 35.7 Å². The van der Waals surface area contributed by atoms with Gasteiger partial charge < -0.3 is 14.2 Å². The van der Waals surface area contributed by atoms with Crippen LogP contribution in [0.5, 0.6) is 0 Å². The van der Waals surface area contributed by atoms with Gasteiger partial charge in [-0.25, -0.2) is 13.2 Å². The predicted octanol–water partition coefficient (Wildman–Crippen LogP) is 5.04. The van der Waals surface area contributed by atoms with E-state index in [4.69, 9.17) is 4.74 Å². The molecule has 1 amide bonds. The van der Waals surface area contributed by atoms with Crippen LogP contribution in [-0.2, 0) is 28.0 Å². The average Bonchev–Trinajstić information content (AvgIpc) is 2.97. The first-order valence-corrected chi connectivity index (χ1v) is 12.1. The number of hydrogen-bond acceptors (Lipinski definition) is 4. The van der Waals surface area contributed by atoms with Crippen LogP contribution in [0.15, 0.2) is 52.3 Å². The van der Waals surface area contributed by atoms with Gasteiger partial charge in [-0.3, -0.25) is 0 Å². The summed E-state index contributed by atoms with van der Waals surface area (Å²) in [7, 11) is -0.282. The first-order valence-electron chi connectivity index (χ1n) is 10.6. The van der Waals surface area contributed by atoms with Gasteiger partial charge >= 0.3 is 6.09 Å². The van der Waals surface area contributed by atoms with E-state index in [1.807, 2.05) is 47.7 Å². The van der Waals surface area contributed by atoms with Gasteiger partial charge in [0.25, 0.3) is 0 Å². The average molecular weight is 457 g/mol. The fraction of sp³-hybridized carbons (Fsp3) is 0.400. The highest BCUT2D eigenvalue weighted by molar-refractivity contribution is 7.91. The van der Waals surface area contributed by atoms with Crippen molar-refractivity contribution in [3.63, 3.8) is 0 Å². The Morgan fingerprint density at radius 3 is 2.19 bits per heavy atom. The van der Waals surface area contributed by atoms with E-state index < -0.39 is 15.4 Å². The molecule has 0 aliphatic rings. The molecule has 1 heterocycles. The Kier molecular flexibility index (Phi) is 6.43. The topological polar surface area (TPSA) is 68.6 Å². The van der Waals surface area contributed by atoms with Gasteiger partial charge in [0.1, 0.15) is 0 Å². The number of fused-ring (bicyclic) bond motifs is 1. The third kappa shape index (κ3) is 4.39. The number of rotatable bonds is 5. The second-order valence-electron chi connectivity index (χ2n) is 9.16. The minimum absolute atomic E-state index is 0.265. The number of hydrogen-bond donors (Lipinski definition) is 0. The van der Waals surface area contributed by atoms with Gasteiger partial charge in [-0.2, -0.15) is 0 Å². The van der Waals surface area contributed by atoms with Gasteiger partial charge in [-0.1, -0.05) is 17.7 Å². The number of aryl methyl sites for hydroxylation is 2. The minimum Gasteiger partial charge on any atom is -0.453 e. The molecule has 172 valence electrons. The summed E-state index contributed by atoms with van der Waals surface area (Å²) in [6, 6.07) is 12.2. The second kappa shape index (κ2) is 8.62. The van der Waals surface area contributed by atoms with Crippen LogP contribution in [0.4, 0.5) is 4.79 Å². The minimum atomic E-state index is -3.63. The van der Waals surface area contributed by atoms with Crippen LogP contribution in [0.25, 0.3) is 10.9 Å². The molecule has 2 aromatic carbocycles. The molecule has 0 spiro atoms. The molecule has 7 heteroatoms. The van der Waals surface area contributed by atoms with E-state index in [0.717, 1.165) is 27.7 Å². The first kappa shape index (κ1) is 23.9. The summed E-state index contributed by atoms with van der Waals surface area (Å²) in [4.78, 5) is 14.6. The summed E-state index contributed by atoms with van der Waals surface area (Å²) in [6.07, 6.45) is 0.210. The van der Waals surface area contributed by atoms with E-state index in [0.29, 0.717) is 13.0 Å². The molecule has 0 saturated carbocycles. The van der Waals surface area contributed by atoms with Crippen molar-refractivity contribution in [3.8, 4) is 0 Å². The Morgan fingerprint density at radius 1 is 1.03 bits per heavy atom. The van der Waals surface area contributed by atoms with Gasteiger partial charge in [-0.05, 0) is 76.9 Å². The van der Waals surface area contributed by atoms with Gasteiger partial charge in [-0.15, -0.1) is 0 Å². The quantitative estimate of drug-likeness (QED) is 0.540. The smallest absolute Gasteiger partial charge is 0.409 e. The van der Waals surface area contributed by atoms with Crippen LogP contribution < -0.4 is 0 Å². The Morgan fingerprint density at radius 2 is 1.62 bits per heavy atom. The number of carbonyl (C=O) groups is 1. The molecule has 0 radical (unpaired) electrons. The van der Waals surface area contributed by atoms with Crippen molar-refractivity contribution in [1.29, 1.82) is 0 Å². The molecule has 0 fully saturated rings. The fourth-order valence-electron chi connectivity index (χ4n) is 4.00. The van der Waals surface area contributed by atoms with E-state index in [1.54, 1.807) is 41.3 Å².